The number of amides is 3. The van der Waals surface area contributed by atoms with Gasteiger partial charge in [-0.05, 0) is 12.5 Å². The Morgan fingerprint density at radius 3 is 2.57 bits per heavy atom. The van der Waals surface area contributed by atoms with Crippen molar-refractivity contribution in [2.24, 2.45) is 0 Å². The summed E-state index contributed by atoms with van der Waals surface area (Å²) in [5.41, 5.74) is 0.987. The van der Waals surface area contributed by atoms with E-state index in [1.165, 1.54) is 0 Å². The third kappa shape index (κ3) is 4.84. The van der Waals surface area contributed by atoms with Crippen LogP contribution < -0.4 is 10.6 Å². The van der Waals surface area contributed by atoms with Crippen LogP contribution in [0.4, 0.5) is 4.79 Å². The first-order chi connectivity index (χ1) is 10.2. The fourth-order valence-electron chi connectivity index (χ4n) is 2.17. The maximum atomic E-state index is 12.0. The van der Waals surface area contributed by atoms with E-state index in [0.717, 1.165) is 5.56 Å². The fraction of sp³-hybridized carbons (Fsp3) is 0.467. The predicted octanol–water partition coefficient (Wildman–Crippen LogP) is 0.733. The number of morpholine rings is 1. The van der Waals surface area contributed by atoms with E-state index in [9.17, 15) is 9.59 Å². The first-order valence-electron chi connectivity index (χ1n) is 7.11. The molecule has 0 radical (unpaired) electrons. The first kappa shape index (κ1) is 15.5. The molecule has 0 aliphatic carbocycles. The van der Waals surface area contributed by atoms with E-state index in [2.05, 4.69) is 10.6 Å². The highest BCUT2D eigenvalue weighted by atomic mass is 16.5. The lowest BCUT2D eigenvalue weighted by Gasteiger charge is -2.31. The summed E-state index contributed by atoms with van der Waals surface area (Å²) in [4.78, 5) is 25.7. The number of carbonyl (C=O) groups excluding carboxylic acids is 2. The number of hydrogen-bond donors (Lipinski definition) is 2. The molecule has 114 valence electrons. The summed E-state index contributed by atoms with van der Waals surface area (Å²) >= 11 is 0. The highest BCUT2D eigenvalue weighted by Crippen LogP contribution is 2.03. The van der Waals surface area contributed by atoms with Crippen molar-refractivity contribution in [3.8, 4) is 0 Å². The monoisotopic (exact) mass is 291 g/mol. The zero-order valence-electron chi connectivity index (χ0n) is 12.2. The molecule has 0 aromatic heterocycles. The number of rotatable bonds is 4. The molecule has 2 rings (SSSR count). The van der Waals surface area contributed by atoms with Crippen molar-refractivity contribution >= 4 is 11.9 Å². The Balaban J connectivity index is 1.75. The van der Waals surface area contributed by atoms with Crippen molar-refractivity contribution in [3.05, 3.63) is 35.9 Å². The van der Waals surface area contributed by atoms with Crippen LogP contribution in [0.3, 0.4) is 0 Å². The van der Waals surface area contributed by atoms with Gasteiger partial charge in [0.05, 0.1) is 19.3 Å². The molecule has 0 saturated carbocycles. The highest BCUT2D eigenvalue weighted by molar-refractivity contribution is 5.96. The Bertz CT molecular complexity index is 472. The Kier molecular flexibility index (Phi) is 5.71. The lowest BCUT2D eigenvalue weighted by Crippen LogP contribution is -2.52. The Hall–Kier alpha value is -1.92. The second-order valence-electron chi connectivity index (χ2n) is 4.98. The number of ether oxygens (including phenoxy) is 1. The number of imide groups is 1. The summed E-state index contributed by atoms with van der Waals surface area (Å²) in [6.45, 7) is 4.85. The van der Waals surface area contributed by atoms with Crippen LogP contribution in [0.1, 0.15) is 12.5 Å². The summed E-state index contributed by atoms with van der Waals surface area (Å²) < 4.78 is 5.25. The van der Waals surface area contributed by atoms with Crippen LogP contribution in [0.2, 0.25) is 0 Å². The SMILES string of the molecule is CC(C(=O)NC(=O)NCc1ccccc1)N1CCOCC1. The van der Waals surface area contributed by atoms with E-state index in [-0.39, 0.29) is 11.9 Å². The van der Waals surface area contributed by atoms with Crippen molar-refractivity contribution in [2.75, 3.05) is 26.3 Å². The normalized spacial score (nSPS) is 17.0. The van der Waals surface area contributed by atoms with Crippen LogP contribution in [0.15, 0.2) is 30.3 Å². The zero-order chi connectivity index (χ0) is 15.1. The van der Waals surface area contributed by atoms with Crippen LogP contribution in [0.5, 0.6) is 0 Å². The van der Waals surface area contributed by atoms with Crippen LogP contribution in [0, 0.1) is 0 Å². The number of benzene rings is 1. The molecule has 0 spiro atoms. The minimum Gasteiger partial charge on any atom is -0.379 e. The summed E-state index contributed by atoms with van der Waals surface area (Å²) in [6, 6.07) is 8.75. The van der Waals surface area contributed by atoms with E-state index < -0.39 is 6.03 Å². The summed E-state index contributed by atoms with van der Waals surface area (Å²) in [6.07, 6.45) is 0. The lowest BCUT2D eigenvalue weighted by atomic mass is 10.2. The molecule has 3 amide bonds. The molecule has 6 nitrogen and oxygen atoms in total. The van der Waals surface area contributed by atoms with Crippen molar-refractivity contribution in [1.82, 2.24) is 15.5 Å². The molecular weight excluding hydrogens is 270 g/mol. The second kappa shape index (κ2) is 7.75. The highest BCUT2D eigenvalue weighted by Gasteiger charge is 2.24. The van der Waals surface area contributed by atoms with Crippen LogP contribution in [0.25, 0.3) is 0 Å². The Labute approximate surface area is 124 Å². The van der Waals surface area contributed by atoms with Gasteiger partial charge in [0, 0.05) is 19.6 Å². The number of nitrogens with zero attached hydrogens (tertiary/aromatic N) is 1. The van der Waals surface area contributed by atoms with Gasteiger partial charge in [-0.15, -0.1) is 0 Å². The Morgan fingerprint density at radius 1 is 1.24 bits per heavy atom. The molecule has 1 aromatic rings. The number of hydrogen-bond acceptors (Lipinski definition) is 4. The summed E-state index contributed by atoms with van der Waals surface area (Å²) in [7, 11) is 0. The predicted molar refractivity (Wildman–Crippen MR) is 78.7 cm³/mol. The average molecular weight is 291 g/mol. The quantitative estimate of drug-likeness (QED) is 0.858. The van der Waals surface area contributed by atoms with Crippen LogP contribution in [-0.4, -0.2) is 49.2 Å². The average Bonchev–Trinajstić information content (AvgIpc) is 2.54. The van der Waals surface area contributed by atoms with Crippen molar-refractivity contribution in [2.45, 2.75) is 19.5 Å². The third-order valence-electron chi connectivity index (χ3n) is 3.51. The third-order valence-corrected chi connectivity index (χ3v) is 3.51. The lowest BCUT2D eigenvalue weighted by molar-refractivity contribution is -0.126. The topological polar surface area (TPSA) is 70.7 Å². The van der Waals surface area contributed by atoms with Crippen LogP contribution >= 0.6 is 0 Å². The van der Waals surface area contributed by atoms with Gasteiger partial charge in [-0.1, -0.05) is 30.3 Å². The van der Waals surface area contributed by atoms with Gasteiger partial charge in [0.25, 0.3) is 0 Å². The minimum absolute atomic E-state index is 0.289. The molecule has 1 aliphatic heterocycles. The van der Waals surface area contributed by atoms with Gasteiger partial charge in [-0.3, -0.25) is 15.0 Å². The molecule has 1 unspecified atom stereocenters. The molecule has 1 saturated heterocycles. The van der Waals surface area contributed by atoms with Crippen molar-refractivity contribution in [1.29, 1.82) is 0 Å². The fourth-order valence-corrected chi connectivity index (χ4v) is 2.17. The second-order valence-corrected chi connectivity index (χ2v) is 4.98. The molecular formula is C15H21N3O3. The van der Waals surface area contributed by atoms with Gasteiger partial charge in [-0.2, -0.15) is 0 Å². The number of urea groups is 1. The smallest absolute Gasteiger partial charge is 0.321 e. The maximum Gasteiger partial charge on any atom is 0.321 e. The van der Waals surface area contributed by atoms with Gasteiger partial charge < -0.3 is 10.1 Å². The molecule has 1 aliphatic rings. The minimum atomic E-state index is -0.469. The largest absolute Gasteiger partial charge is 0.379 e. The molecule has 1 atom stereocenters. The van der Waals surface area contributed by atoms with E-state index in [1.807, 2.05) is 35.2 Å². The van der Waals surface area contributed by atoms with Crippen LogP contribution in [-0.2, 0) is 16.1 Å². The van der Waals surface area contributed by atoms with E-state index in [1.54, 1.807) is 6.92 Å². The molecule has 1 aromatic carbocycles. The van der Waals surface area contributed by atoms with Crippen molar-refractivity contribution < 1.29 is 14.3 Å². The van der Waals surface area contributed by atoms with E-state index >= 15 is 0 Å². The van der Waals surface area contributed by atoms with Gasteiger partial charge in [-0.25, -0.2) is 4.79 Å². The standard InChI is InChI=1S/C15H21N3O3/c1-12(18-7-9-21-10-8-18)14(19)17-15(20)16-11-13-5-3-2-4-6-13/h2-6,12H,7-11H2,1H3,(H2,16,17,19,20). The molecule has 2 N–H and O–H groups in total. The Morgan fingerprint density at radius 2 is 1.90 bits per heavy atom. The number of nitrogens with one attached hydrogen (secondary N) is 2. The first-order valence-corrected chi connectivity index (χ1v) is 7.11. The van der Waals surface area contributed by atoms with Gasteiger partial charge >= 0.3 is 6.03 Å². The van der Waals surface area contributed by atoms with Gasteiger partial charge in [0.1, 0.15) is 0 Å². The molecule has 0 bridgehead atoms. The zero-order valence-corrected chi connectivity index (χ0v) is 12.2. The molecule has 21 heavy (non-hydrogen) atoms. The summed E-state index contributed by atoms with van der Waals surface area (Å²) in [5, 5.41) is 5.05. The van der Waals surface area contributed by atoms with E-state index in [0.29, 0.717) is 32.8 Å². The molecule has 1 heterocycles. The van der Waals surface area contributed by atoms with Gasteiger partial charge in [0.2, 0.25) is 5.91 Å². The maximum absolute atomic E-state index is 12.0. The van der Waals surface area contributed by atoms with Gasteiger partial charge in [0.15, 0.2) is 0 Å². The van der Waals surface area contributed by atoms with E-state index in [4.69, 9.17) is 4.74 Å². The number of carbonyl (C=O) groups is 2. The van der Waals surface area contributed by atoms with Crippen molar-refractivity contribution in [3.63, 3.8) is 0 Å². The molecule has 6 heteroatoms. The molecule has 1 fully saturated rings. The summed E-state index contributed by atoms with van der Waals surface area (Å²) in [5.74, 6) is -0.289.